The van der Waals surface area contributed by atoms with Crippen molar-refractivity contribution >= 4 is 23.2 Å². The van der Waals surface area contributed by atoms with Crippen LogP contribution < -0.4 is 0 Å². The molecule has 1 atom stereocenters. The van der Waals surface area contributed by atoms with Crippen LogP contribution in [0.1, 0.15) is 24.5 Å². The smallest absolute Gasteiger partial charge is 0.0934 e. The van der Waals surface area contributed by atoms with Gasteiger partial charge in [-0.2, -0.15) is 0 Å². The fraction of sp³-hybridized carbons (Fsp3) is 0.250. The van der Waals surface area contributed by atoms with Crippen LogP contribution in [0.25, 0.3) is 0 Å². The molecule has 0 aliphatic heterocycles. The lowest BCUT2D eigenvalue weighted by Crippen LogP contribution is -2.27. The van der Waals surface area contributed by atoms with E-state index in [2.05, 4.69) is 0 Å². The average Bonchev–Trinajstić information content (AvgIpc) is 2.45. The molecule has 3 heteroatoms. The van der Waals surface area contributed by atoms with Crippen molar-refractivity contribution in [3.63, 3.8) is 0 Å². The summed E-state index contributed by atoms with van der Waals surface area (Å²) in [5, 5.41) is 11.9. The summed E-state index contributed by atoms with van der Waals surface area (Å²) >= 11 is 12.2. The van der Waals surface area contributed by atoms with E-state index in [1.807, 2.05) is 49.4 Å². The van der Waals surface area contributed by atoms with E-state index in [-0.39, 0.29) is 0 Å². The summed E-state index contributed by atoms with van der Waals surface area (Å²) in [6, 6.07) is 15.2. The minimum atomic E-state index is -0.921. The van der Waals surface area contributed by atoms with E-state index in [4.69, 9.17) is 23.2 Å². The minimum Gasteiger partial charge on any atom is -0.385 e. The molecule has 2 aromatic carbocycles. The first kappa shape index (κ1) is 14.4. The van der Waals surface area contributed by atoms with Crippen LogP contribution in [0, 0.1) is 0 Å². The number of rotatable bonds is 4. The van der Waals surface area contributed by atoms with Gasteiger partial charge < -0.3 is 5.11 Å². The van der Waals surface area contributed by atoms with Gasteiger partial charge in [-0.05, 0) is 23.6 Å². The Morgan fingerprint density at radius 2 is 1.68 bits per heavy atom. The summed E-state index contributed by atoms with van der Waals surface area (Å²) in [7, 11) is 0. The van der Waals surface area contributed by atoms with Gasteiger partial charge in [-0.15, -0.1) is 0 Å². The zero-order chi connectivity index (χ0) is 13.9. The van der Waals surface area contributed by atoms with Crippen molar-refractivity contribution in [1.82, 2.24) is 0 Å². The molecule has 1 nitrogen and oxygen atoms in total. The minimum absolute atomic E-state index is 0.451. The zero-order valence-electron chi connectivity index (χ0n) is 10.7. The van der Waals surface area contributed by atoms with E-state index >= 15 is 0 Å². The van der Waals surface area contributed by atoms with Crippen LogP contribution in [-0.2, 0) is 12.0 Å². The normalized spacial score (nSPS) is 14.1. The SMILES string of the molecule is CCC(O)(Cc1cccc(Cl)c1Cl)c1ccccc1. The van der Waals surface area contributed by atoms with Gasteiger partial charge in [-0.3, -0.25) is 0 Å². The Kier molecular flexibility index (Phi) is 4.51. The highest BCUT2D eigenvalue weighted by molar-refractivity contribution is 6.42. The van der Waals surface area contributed by atoms with Crippen molar-refractivity contribution in [3.8, 4) is 0 Å². The van der Waals surface area contributed by atoms with Crippen molar-refractivity contribution in [1.29, 1.82) is 0 Å². The number of halogens is 2. The average molecular weight is 295 g/mol. The molecule has 100 valence electrons. The Morgan fingerprint density at radius 1 is 1.00 bits per heavy atom. The second kappa shape index (κ2) is 5.96. The van der Waals surface area contributed by atoms with E-state index in [9.17, 15) is 5.11 Å². The third kappa shape index (κ3) is 3.11. The van der Waals surface area contributed by atoms with Crippen molar-refractivity contribution in [2.45, 2.75) is 25.4 Å². The van der Waals surface area contributed by atoms with E-state index in [1.54, 1.807) is 6.07 Å². The van der Waals surface area contributed by atoms with Crippen LogP contribution in [-0.4, -0.2) is 5.11 Å². The molecule has 1 unspecified atom stereocenters. The first-order chi connectivity index (χ1) is 9.07. The molecule has 0 aliphatic carbocycles. The Labute approximate surface area is 123 Å². The molecule has 2 rings (SSSR count). The molecule has 0 radical (unpaired) electrons. The van der Waals surface area contributed by atoms with Crippen molar-refractivity contribution in [3.05, 3.63) is 69.7 Å². The van der Waals surface area contributed by atoms with Gasteiger partial charge in [0.05, 0.1) is 15.6 Å². The monoisotopic (exact) mass is 294 g/mol. The predicted octanol–water partition coefficient (Wildman–Crippen LogP) is 4.83. The molecule has 2 aromatic rings. The summed E-state index contributed by atoms with van der Waals surface area (Å²) in [6.07, 6.45) is 1.06. The highest BCUT2D eigenvalue weighted by Crippen LogP contribution is 2.34. The summed E-state index contributed by atoms with van der Waals surface area (Å²) in [5.74, 6) is 0. The van der Waals surface area contributed by atoms with Crippen molar-refractivity contribution in [2.75, 3.05) is 0 Å². The highest BCUT2D eigenvalue weighted by Gasteiger charge is 2.28. The van der Waals surface area contributed by atoms with Gasteiger partial charge in [0.25, 0.3) is 0 Å². The van der Waals surface area contributed by atoms with Crippen LogP contribution in [0.5, 0.6) is 0 Å². The van der Waals surface area contributed by atoms with Crippen molar-refractivity contribution in [2.24, 2.45) is 0 Å². The third-order valence-electron chi connectivity index (χ3n) is 3.41. The first-order valence-electron chi connectivity index (χ1n) is 6.27. The van der Waals surface area contributed by atoms with E-state index < -0.39 is 5.60 Å². The summed E-state index contributed by atoms with van der Waals surface area (Å²) < 4.78 is 0. The second-order valence-corrected chi connectivity index (χ2v) is 5.43. The van der Waals surface area contributed by atoms with Gasteiger partial charge in [0.1, 0.15) is 0 Å². The molecule has 0 aromatic heterocycles. The molecule has 0 aliphatic rings. The Hall–Kier alpha value is -1.02. The molecule has 0 bridgehead atoms. The summed E-state index contributed by atoms with van der Waals surface area (Å²) in [4.78, 5) is 0. The van der Waals surface area contributed by atoms with E-state index in [0.717, 1.165) is 11.1 Å². The number of aliphatic hydroxyl groups is 1. The molecule has 1 N–H and O–H groups in total. The van der Waals surface area contributed by atoms with Crippen LogP contribution in [0.2, 0.25) is 10.0 Å². The number of hydrogen-bond donors (Lipinski definition) is 1. The van der Waals surface area contributed by atoms with Gasteiger partial charge in [-0.25, -0.2) is 0 Å². The number of hydrogen-bond acceptors (Lipinski definition) is 1. The van der Waals surface area contributed by atoms with E-state index in [0.29, 0.717) is 22.9 Å². The van der Waals surface area contributed by atoms with Crippen LogP contribution >= 0.6 is 23.2 Å². The highest BCUT2D eigenvalue weighted by atomic mass is 35.5. The van der Waals surface area contributed by atoms with Gasteiger partial charge in [0.15, 0.2) is 0 Å². The van der Waals surface area contributed by atoms with Gasteiger partial charge in [0.2, 0.25) is 0 Å². The van der Waals surface area contributed by atoms with Gasteiger partial charge in [0, 0.05) is 6.42 Å². The fourth-order valence-corrected chi connectivity index (χ4v) is 2.57. The maximum atomic E-state index is 10.9. The molecule has 0 saturated carbocycles. The van der Waals surface area contributed by atoms with Crippen LogP contribution in [0.4, 0.5) is 0 Å². The zero-order valence-corrected chi connectivity index (χ0v) is 12.2. The first-order valence-corrected chi connectivity index (χ1v) is 7.03. The maximum absolute atomic E-state index is 10.9. The Balaban J connectivity index is 2.36. The lowest BCUT2D eigenvalue weighted by Gasteiger charge is -2.28. The van der Waals surface area contributed by atoms with Crippen molar-refractivity contribution < 1.29 is 5.11 Å². The lowest BCUT2D eigenvalue weighted by molar-refractivity contribution is 0.0327. The fourth-order valence-electron chi connectivity index (χ4n) is 2.18. The van der Waals surface area contributed by atoms with Gasteiger partial charge in [-0.1, -0.05) is 72.6 Å². The molecular weight excluding hydrogens is 279 g/mol. The number of benzene rings is 2. The van der Waals surface area contributed by atoms with E-state index in [1.165, 1.54) is 0 Å². The maximum Gasteiger partial charge on any atom is 0.0934 e. The molecule has 19 heavy (non-hydrogen) atoms. The lowest BCUT2D eigenvalue weighted by atomic mass is 9.85. The second-order valence-electron chi connectivity index (χ2n) is 4.64. The largest absolute Gasteiger partial charge is 0.385 e. The standard InChI is InChI=1S/C16H16Cl2O/c1-2-16(19,13-8-4-3-5-9-13)11-12-7-6-10-14(17)15(12)18/h3-10,19H,2,11H2,1H3. The molecule has 0 spiro atoms. The topological polar surface area (TPSA) is 20.2 Å². The molecule has 0 saturated heterocycles. The molecular formula is C16H16Cl2O. The molecule has 0 heterocycles. The van der Waals surface area contributed by atoms with Crippen LogP contribution in [0.15, 0.2) is 48.5 Å². The Bertz CT molecular complexity index is 554. The quantitative estimate of drug-likeness (QED) is 0.856. The summed E-state index contributed by atoms with van der Waals surface area (Å²) in [5.41, 5.74) is 0.839. The molecule has 0 amide bonds. The van der Waals surface area contributed by atoms with Gasteiger partial charge >= 0.3 is 0 Å². The summed E-state index contributed by atoms with van der Waals surface area (Å²) in [6.45, 7) is 1.96. The Morgan fingerprint density at radius 3 is 2.32 bits per heavy atom. The predicted molar refractivity (Wildman–Crippen MR) is 80.8 cm³/mol. The molecule has 0 fully saturated rings. The van der Waals surface area contributed by atoms with Crippen LogP contribution in [0.3, 0.4) is 0 Å². The third-order valence-corrected chi connectivity index (χ3v) is 4.27.